The van der Waals surface area contributed by atoms with Crippen molar-refractivity contribution in [1.29, 1.82) is 0 Å². The predicted octanol–water partition coefficient (Wildman–Crippen LogP) is 4.51. The first kappa shape index (κ1) is 15.7. The smallest absolute Gasteiger partial charge is 0.308 e. The molecule has 3 nitrogen and oxygen atoms in total. The lowest BCUT2D eigenvalue weighted by Gasteiger charge is -2.09. The van der Waals surface area contributed by atoms with Crippen LogP contribution in [0.5, 0.6) is 5.75 Å². The van der Waals surface area contributed by atoms with E-state index in [4.69, 9.17) is 4.74 Å². The van der Waals surface area contributed by atoms with Gasteiger partial charge in [0.2, 0.25) is 0 Å². The van der Waals surface area contributed by atoms with Gasteiger partial charge in [-0.05, 0) is 11.6 Å². The molecule has 0 aliphatic heterocycles. The van der Waals surface area contributed by atoms with Crippen molar-refractivity contribution in [3.05, 3.63) is 90.0 Å². The maximum absolute atomic E-state index is 12.4. The minimum Gasteiger partial charge on any atom is -0.426 e. The minimum atomic E-state index is -0.363. The van der Waals surface area contributed by atoms with Crippen molar-refractivity contribution < 1.29 is 14.3 Å². The van der Waals surface area contributed by atoms with E-state index in [1.165, 1.54) is 6.92 Å². The molecule has 0 atom stereocenters. The molecule has 0 unspecified atom stereocenters. The molecule has 0 spiro atoms. The molecular weight excluding hydrogens is 300 g/mol. The van der Waals surface area contributed by atoms with Crippen LogP contribution in [0.1, 0.15) is 22.8 Å². The van der Waals surface area contributed by atoms with E-state index in [1.54, 1.807) is 30.3 Å². The molecule has 0 heterocycles. The van der Waals surface area contributed by atoms with Crippen LogP contribution in [0.25, 0.3) is 11.1 Å². The van der Waals surface area contributed by atoms with Crippen molar-refractivity contribution in [1.82, 2.24) is 0 Å². The van der Waals surface area contributed by atoms with Gasteiger partial charge in [-0.2, -0.15) is 0 Å². The highest BCUT2D eigenvalue weighted by Gasteiger charge is 2.11. The van der Waals surface area contributed by atoms with Crippen molar-refractivity contribution in [3.8, 4) is 16.9 Å². The first-order valence-electron chi connectivity index (χ1n) is 7.63. The van der Waals surface area contributed by atoms with Crippen LogP contribution in [0.4, 0.5) is 0 Å². The van der Waals surface area contributed by atoms with Gasteiger partial charge in [0, 0.05) is 23.6 Å². The lowest BCUT2D eigenvalue weighted by Crippen LogP contribution is -2.03. The fourth-order valence-corrected chi connectivity index (χ4v) is 2.51. The Kier molecular flexibility index (Phi) is 4.52. The molecule has 0 saturated heterocycles. The number of para-hydroxylation sites is 1. The van der Waals surface area contributed by atoms with Crippen LogP contribution in [0.15, 0.2) is 78.9 Å². The fraction of sp³-hybridized carbons (Fsp3) is 0.0476. The number of ether oxygens (including phenoxy) is 1. The third-order valence-electron chi connectivity index (χ3n) is 3.63. The van der Waals surface area contributed by atoms with E-state index in [0.717, 1.165) is 11.1 Å². The summed E-state index contributed by atoms with van der Waals surface area (Å²) in [4.78, 5) is 23.7. The Bertz CT molecular complexity index is 865. The average molecular weight is 316 g/mol. The largest absolute Gasteiger partial charge is 0.426 e. The van der Waals surface area contributed by atoms with Crippen LogP contribution >= 0.6 is 0 Å². The van der Waals surface area contributed by atoms with Gasteiger partial charge in [-0.3, -0.25) is 9.59 Å². The molecule has 0 radical (unpaired) electrons. The Morgan fingerprint density at radius 2 is 1.29 bits per heavy atom. The van der Waals surface area contributed by atoms with E-state index in [1.807, 2.05) is 48.5 Å². The van der Waals surface area contributed by atoms with Crippen LogP contribution in [-0.2, 0) is 4.79 Å². The molecule has 0 aliphatic rings. The van der Waals surface area contributed by atoms with E-state index in [9.17, 15) is 9.59 Å². The van der Waals surface area contributed by atoms with Crippen LogP contribution < -0.4 is 4.74 Å². The third-order valence-corrected chi connectivity index (χ3v) is 3.63. The van der Waals surface area contributed by atoms with Gasteiger partial charge in [0.1, 0.15) is 5.75 Å². The monoisotopic (exact) mass is 316 g/mol. The quantitative estimate of drug-likeness (QED) is 0.404. The third kappa shape index (κ3) is 3.41. The van der Waals surface area contributed by atoms with Crippen LogP contribution in [-0.4, -0.2) is 11.8 Å². The lowest BCUT2D eigenvalue weighted by molar-refractivity contribution is -0.131. The van der Waals surface area contributed by atoms with E-state index in [0.29, 0.717) is 16.9 Å². The first-order chi connectivity index (χ1) is 11.6. The van der Waals surface area contributed by atoms with Crippen LogP contribution in [0.2, 0.25) is 0 Å². The van der Waals surface area contributed by atoms with Gasteiger partial charge in [-0.15, -0.1) is 0 Å². The summed E-state index contributed by atoms with van der Waals surface area (Å²) in [7, 11) is 0. The molecule has 0 aromatic heterocycles. The number of benzene rings is 3. The molecule has 3 rings (SSSR count). The Labute approximate surface area is 140 Å². The molecule has 0 fully saturated rings. The summed E-state index contributed by atoms with van der Waals surface area (Å²) >= 11 is 0. The van der Waals surface area contributed by atoms with E-state index >= 15 is 0 Å². The Morgan fingerprint density at radius 1 is 0.708 bits per heavy atom. The zero-order chi connectivity index (χ0) is 16.9. The zero-order valence-corrected chi connectivity index (χ0v) is 13.2. The molecule has 3 aromatic rings. The number of carbonyl (C=O) groups is 2. The Balaban J connectivity index is 1.91. The van der Waals surface area contributed by atoms with Gasteiger partial charge in [0.05, 0.1) is 0 Å². The van der Waals surface area contributed by atoms with Gasteiger partial charge in [0.25, 0.3) is 0 Å². The normalized spacial score (nSPS) is 10.2. The van der Waals surface area contributed by atoms with Crippen molar-refractivity contribution in [3.63, 3.8) is 0 Å². The topological polar surface area (TPSA) is 43.4 Å². The second kappa shape index (κ2) is 6.92. The van der Waals surface area contributed by atoms with Crippen LogP contribution in [0.3, 0.4) is 0 Å². The van der Waals surface area contributed by atoms with E-state index < -0.39 is 0 Å². The number of hydrogen-bond acceptors (Lipinski definition) is 3. The zero-order valence-electron chi connectivity index (χ0n) is 13.2. The molecule has 3 heteroatoms. The molecular formula is C21H16O3. The summed E-state index contributed by atoms with van der Waals surface area (Å²) in [5.74, 6) is 0.126. The van der Waals surface area contributed by atoms with Gasteiger partial charge in [-0.25, -0.2) is 0 Å². The number of esters is 1. The van der Waals surface area contributed by atoms with Gasteiger partial charge in [-0.1, -0.05) is 72.8 Å². The Hall–Kier alpha value is -3.20. The molecule has 24 heavy (non-hydrogen) atoms. The van der Waals surface area contributed by atoms with Crippen molar-refractivity contribution in [2.75, 3.05) is 0 Å². The highest BCUT2D eigenvalue weighted by atomic mass is 16.5. The summed E-state index contributed by atoms with van der Waals surface area (Å²) in [5.41, 5.74) is 2.98. The Morgan fingerprint density at radius 3 is 1.96 bits per heavy atom. The predicted molar refractivity (Wildman–Crippen MR) is 93.1 cm³/mol. The van der Waals surface area contributed by atoms with Crippen molar-refractivity contribution in [2.24, 2.45) is 0 Å². The van der Waals surface area contributed by atoms with E-state index in [-0.39, 0.29) is 11.8 Å². The van der Waals surface area contributed by atoms with Crippen molar-refractivity contribution in [2.45, 2.75) is 6.92 Å². The van der Waals surface area contributed by atoms with Gasteiger partial charge >= 0.3 is 5.97 Å². The van der Waals surface area contributed by atoms with E-state index in [2.05, 4.69) is 0 Å². The summed E-state index contributed by atoms with van der Waals surface area (Å²) < 4.78 is 5.24. The number of ketones is 1. The highest BCUT2D eigenvalue weighted by Crippen LogP contribution is 2.30. The molecule has 0 N–H and O–H groups in total. The lowest BCUT2D eigenvalue weighted by atomic mass is 9.99. The maximum Gasteiger partial charge on any atom is 0.308 e. The SMILES string of the molecule is CC(=O)Oc1ccccc1-c1ccc(C(=O)c2ccccc2)cc1. The van der Waals surface area contributed by atoms with Gasteiger partial charge in [0.15, 0.2) is 5.78 Å². The van der Waals surface area contributed by atoms with Crippen molar-refractivity contribution >= 4 is 11.8 Å². The summed E-state index contributed by atoms with van der Waals surface area (Å²) in [6, 6.07) is 23.8. The summed E-state index contributed by atoms with van der Waals surface area (Å²) in [6.07, 6.45) is 0. The summed E-state index contributed by atoms with van der Waals surface area (Å²) in [5, 5.41) is 0. The van der Waals surface area contributed by atoms with Crippen LogP contribution in [0, 0.1) is 0 Å². The molecule has 0 bridgehead atoms. The first-order valence-corrected chi connectivity index (χ1v) is 7.63. The molecule has 3 aromatic carbocycles. The number of carbonyl (C=O) groups excluding carboxylic acids is 2. The molecule has 0 aliphatic carbocycles. The number of hydrogen-bond donors (Lipinski definition) is 0. The summed E-state index contributed by atoms with van der Waals surface area (Å²) in [6.45, 7) is 1.37. The fourth-order valence-electron chi connectivity index (χ4n) is 2.51. The standard InChI is InChI=1S/C21H16O3/c1-15(22)24-20-10-6-5-9-19(20)16-11-13-18(14-12-16)21(23)17-7-3-2-4-8-17/h2-14H,1H3. The highest BCUT2D eigenvalue weighted by molar-refractivity contribution is 6.09. The number of rotatable bonds is 4. The maximum atomic E-state index is 12.4. The van der Waals surface area contributed by atoms with Gasteiger partial charge < -0.3 is 4.74 Å². The molecule has 0 saturated carbocycles. The minimum absolute atomic E-state index is 0.0181. The second-order valence-corrected chi connectivity index (χ2v) is 5.36. The second-order valence-electron chi connectivity index (χ2n) is 5.36. The molecule has 0 amide bonds. The molecule has 118 valence electrons. The average Bonchev–Trinajstić information content (AvgIpc) is 2.62.